The molecule has 30 nitrogen and oxygen atoms in total. The van der Waals surface area contributed by atoms with Crippen molar-refractivity contribution in [1.29, 1.82) is 0 Å². The number of phenols is 6. The van der Waals surface area contributed by atoms with E-state index in [0.717, 1.165) is 117 Å². The highest BCUT2D eigenvalue weighted by Gasteiger charge is 2.25. The van der Waals surface area contributed by atoms with E-state index in [1.165, 1.54) is 91.0 Å². The average Bonchev–Trinajstić information content (AvgIpc) is 0.902. The maximum atomic E-state index is 12.3. The van der Waals surface area contributed by atoms with Gasteiger partial charge in [0.2, 0.25) is 0 Å². The second kappa shape index (κ2) is 69.4. The minimum atomic E-state index is -0.433. The van der Waals surface area contributed by atoms with E-state index < -0.39 is 35.8 Å². The number of hydrogen-bond donors (Lipinski definition) is 6. The Labute approximate surface area is 787 Å². The molecule has 132 heavy (non-hydrogen) atoms. The fourth-order valence-electron chi connectivity index (χ4n) is 13.4. The Morgan fingerprint density at radius 2 is 0.447 bits per heavy atom. The first kappa shape index (κ1) is 120. The van der Waals surface area contributed by atoms with E-state index in [4.69, 9.17) is 56.8 Å². The summed E-state index contributed by atoms with van der Waals surface area (Å²) in [7, 11) is 0. The molecule has 0 saturated carbocycles. The van der Waals surface area contributed by atoms with Crippen LogP contribution >= 0.6 is 0 Å². The van der Waals surface area contributed by atoms with Gasteiger partial charge >= 0.3 is 35.8 Å². The fourth-order valence-corrected chi connectivity index (χ4v) is 13.4. The molecule has 6 N–H and O–H groups in total. The van der Waals surface area contributed by atoms with Gasteiger partial charge in [0.15, 0.2) is 34.5 Å². The zero-order valence-corrected chi connectivity index (χ0v) is 83.8. The number of benzene rings is 6. The number of ether oxygens (including phenoxy) is 12. The molecule has 0 radical (unpaired) electrons. The van der Waals surface area contributed by atoms with Crippen molar-refractivity contribution in [2.75, 3.05) is 158 Å². The summed E-state index contributed by atoms with van der Waals surface area (Å²) >= 11 is 0. The van der Waals surface area contributed by atoms with Gasteiger partial charge in [0, 0.05) is 54.5 Å². The molecule has 6 atom stereocenters. The number of likely N-dealkylation sites (N-methyl/N-ethyl adjacent to an activating group) is 6. The van der Waals surface area contributed by atoms with Crippen molar-refractivity contribution in [3.63, 3.8) is 0 Å². The number of phenolic OH excluding ortho intramolecular Hbond substituents is 6. The molecule has 0 amide bonds. The predicted octanol–water partition coefficient (Wildman–Crippen LogP) is 18.4. The molecule has 30 heteroatoms. The Hall–Kier alpha value is -10.5. The van der Waals surface area contributed by atoms with Gasteiger partial charge in [-0.25, -0.2) is 28.8 Å². The molecule has 0 aliphatic heterocycles. The van der Waals surface area contributed by atoms with Crippen molar-refractivity contribution >= 4 is 35.8 Å². The summed E-state index contributed by atoms with van der Waals surface area (Å²) in [5, 5.41) is 57.7. The number of carbonyl (C=O) groups is 6. The van der Waals surface area contributed by atoms with Crippen LogP contribution in [0.3, 0.4) is 0 Å². The first-order valence-electron chi connectivity index (χ1n) is 47.4. The molecule has 0 heterocycles. The molecular formula is C102H162N6O24. The third-order valence-corrected chi connectivity index (χ3v) is 21.5. The zero-order valence-electron chi connectivity index (χ0n) is 83.8. The van der Waals surface area contributed by atoms with Crippen LogP contribution in [0.15, 0.2) is 109 Å². The first-order valence-corrected chi connectivity index (χ1v) is 47.4. The van der Waals surface area contributed by atoms with Crippen molar-refractivity contribution in [2.45, 2.75) is 241 Å². The predicted molar refractivity (Wildman–Crippen MR) is 519 cm³/mol. The van der Waals surface area contributed by atoms with E-state index in [2.05, 4.69) is 126 Å². The monoisotopic (exact) mass is 1860 g/mol. The molecule has 0 unspecified atom stereocenters. The summed E-state index contributed by atoms with van der Waals surface area (Å²) in [6.45, 7) is 64.8. The number of aromatic hydroxyl groups is 6. The van der Waals surface area contributed by atoms with E-state index in [-0.39, 0.29) is 70.7 Å². The van der Waals surface area contributed by atoms with Crippen LogP contribution in [0.5, 0.6) is 69.0 Å². The highest BCUT2D eigenvalue weighted by molar-refractivity contribution is 5.95. The Morgan fingerprint density at radius 3 is 0.674 bits per heavy atom. The lowest BCUT2D eigenvalue weighted by molar-refractivity contribution is 0.0370. The smallest absolute Gasteiger partial charge is 0.341 e. The zero-order chi connectivity index (χ0) is 99.2. The summed E-state index contributed by atoms with van der Waals surface area (Å²) in [4.78, 5) is 86.3. The Morgan fingerprint density at radius 1 is 0.242 bits per heavy atom. The lowest BCUT2D eigenvalue weighted by atomic mass is 10.2. The summed E-state index contributed by atoms with van der Waals surface area (Å²) in [5.41, 5.74) is 2.18. The van der Waals surface area contributed by atoms with E-state index in [1.807, 2.05) is 69.2 Å². The van der Waals surface area contributed by atoms with Gasteiger partial charge in [-0.05, 0) is 251 Å². The number of hydrogen-bond acceptors (Lipinski definition) is 30. The second-order valence-electron chi connectivity index (χ2n) is 31.1. The molecule has 6 rings (SSSR count). The summed E-state index contributed by atoms with van der Waals surface area (Å²) < 4.78 is 64.9. The van der Waals surface area contributed by atoms with E-state index >= 15 is 0 Å². The maximum Gasteiger partial charge on any atom is 0.341 e. The Balaban J connectivity index is 0.000000792. The minimum absolute atomic E-state index is 0.0184. The Kier molecular flexibility index (Phi) is 62.8. The van der Waals surface area contributed by atoms with E-state index in [0.29, 0.717) is 147 Å². The normalized spacial score (nSPS) is 12.2. The summed E-state index contributed by atoms with van der Waals surface area (Å²) in [6, 6.07) is 27.9. The van der Waals surface area contributed by atoms with E-state index in [9.17, 15) is 59.4 Å². The van der Waals surface area contributed by atoms with Gasteiger partial charge in [-0.1, -0.05) is 124 Å². The summed E-state index contributed by atoms with van der Waals surface area (Å²) in [6.07, 6.45) is 5.45. The molecule has 0 bridgehead atoms. The van der Waals surface area contributed by atoms with Crippen LogP contribution in [-0.4, -0.2) is 290 Å². The third-order valence-electron chi connectivity index (χ3n) is 21.5. The van der Waals surface area contributed by atoms with Gasteiger partial charge in [0.25, 0.3) is 0 Å². The maximum absolute atomic E-state index is 12.3. The van der Waals surface area contributed by atoms with Gasteiger partial charge < -0.3 is 87.5 Å². The lowest BCUT2D eigenvalue weighted by Crippen LogP contribution is -2.36. The topological polar surface area (TPSA) is 354 Å². The molecule has 6 aromatic rings. The molecule has 0 fully saturated rings. The molecule has 0 aromatic heterocycles. The molecule has 6 aromatic carbocycles. The highest BCUT2D eigenvalue weighted by Crippen LogP contribution is 2.33. The van der Waals surface area contributed by atoms with Crippen LogP contribution in [0, 0.1) is 0 Å². The molecule has 0 saturated heterocycles. The number of carbonyl (C=O) groups excluding carboxylic acids is 6. The summed E-state index contributed by atoms with van der Waals surface area (Å²) in [5.74, 6) is -0.186. The van der Waals surface area contributed by atoms with Gasteiger partial charge in [0.1, 0.15) is 90.8 Å². The van der Waals surface area contributed by atoms with Crippen LogP contribution in [0.2, 0.25) is 0 Å². The molecular weight excluding hydrogens is 1690 g/mol. The van der Waals surface area contributed by atoms with Gasteiger partial charge in [-0.15, -0.1) is 0 Å². The van der Waals surface area contributed by atoms with Crippen LogP contribution in [0.1, 0.15) is 267 Å². The van der Waals surface area contributed by atoms with Crippen LogP contribution in [0.25, 0.3) is 0 Å². The molecule has 0 aliphatic carbocycles. The van der Waals surface area contributed by atoms with Gasteiger partial charge in [0.05, 0.1) is 56.3 Å². The van der Waals surface area contributed by atoms with Crippen molar-refractivity contribution in [3.05, 3.63) is 143 Å². The van der Waals surface area contributed by atoms with Crippen LogP contribution in [0.4, 0.5) is 0 Å². The molecule has 0 spiro atoms. The fraction of sp³-hybridized carbons (Fsp3) is 0.588. The third kappa shape index (κ3) is 44.8. The average molecular weight is 1860 g/mol. The largest absolute Gasteiger partial charge is 0.508 e. The highest BCUT2D eigenvalue weighted by atomic mass is 16.6. The van der Waals surface area contributed by atoms with Crippen LogP contribution in [-0.2, 0) is 28.4 Å². The van der Waals surface area contributed by atoms with Crippen molar-refractivity contribution < 1.29 is 116 Å². The Bertz CT molecular complexity index is 4190. The lowest BCUT2D eigenvalue weighted by Gasteiger charge is -2.25. The van der Waals surface area contributed by atoms with Crippen molar-refractivity contribution in [1.82, 2.24) is 29.4 Å². The number of esters is 6. The number of nitrogens with zero attached hydrogens (tertiary/aromatic N) is 6. The SMILES string of the molecule is CCCCOc1cc(C(=O)OC[C@H](C)N(CC)CC)ccc1O.CCCCOc1cc(O)ccc1C(=O)OC[C@H](C)N(CC)CC.CCCOc1cc(C(=O)OC[C@H](C)N(CC)CC)ccc1O.CCCOc1cc(O)ccc1C(=O)OC[C@H](C)N(CC)CC.CCOc1cc(C(=O)OC[C@H](C)N(CC)CC)ccc1O.CCOc1cc(O)ccc1C(=O)OC[C@H](C)N(CC)CC. The van der Waals surface area contributed by atoms with Gasteiger partial charge in [-0.3, -0.25) is 29.4 Å². The quantitative estimate of drug-likeness (QED) is 0.0117. The molecule has 0 aliphatic rings. The second-order valence-corrected chi connectivity index (χ2v) is 31.1. The van der Waals surface area contributed by atoms with Crippen molar-refractivity contribution in [3.8, 4) is 69.0 Å². The van der Waals surface area contributed by atoms with E-state index in [1.54, 1.807) is 18.2 Å². The minimum Gasteiger partial charge on any atom is -0.508 e. The first-order chi connectivity index (χ1) is 63.2. The van der Waals surface area contributed by atoms with Crippen molar-refractivity contribution in [2.24, 2.45) is 0 Å². The molecule has 744 valence electrons. The van der Waals surface area contributed by atoms with Gasteiger partial charge in [-0.2, -0.15) is 0 Å². The number of rotatable bonds is 54. The van der Waals surface area contributed by atoms with Crippen LogP contribution < -0.4 is 28.4 Å². The standard InChI is InChI=1S/2C18H29NO4.2C17H27NO4.2C16H25NO4/c1-5-8-11-22-17-12-15(20)9-10-16(17)18(21)23-13-14(4)19(6-2)7-3;1-5-8-11-22-17-12-15(9-10-16(17)20)18(21)23-13-14(4)19(6-2)7-3;1-5-10-21-16-11-14(19)8-9-15(16)17(20)22-12-13(4)18(6-2)7-3;1-5-10-21-16-11-14(8-9-15(16)19)17(20)22-12-13(4)18(6-2)7-3;1-5-17(6-2)12(4)11-21-16(19)14-9-8-13(18)10-15(14)20-7-3;1-5-17(6-2)12(4)11-21-16(19)13-8-9-14(18)15(10-13)20-7-3/h2*9-10,12,14,20H,5-8,11,13H2,1-4H3;2*8-9,11,13,19H,5-7,10,12H2,1-4H3;2*8-10,12,18H,5-7,11H2,1-4H3/t2*14-;2*13-;2*12-/m000000/s1. The number of unbranched alkanes of at least 4 members (excludes halogenated alkanes) is 2.